The summed E-state index contributed by atoms with van der Waals surface area (Å²) in [6.45, 7) is 0.841. The topological polar surface area (TPSA) is 58.1 Å². The van der Waals surface area contributed by atoms with Gasteiger partial charge in [-0.15, -0.1) is 0 Å². The van der Waals surface area contributed by atoms with Gasteiger partial charge < -0.3 is 10.2 Å². The van der Waals surface area contributed by atoms with Crippen molar-refractivity contribution < 1.29 is 4.79 Å². The molecule has 1 atom stereocenters. The van der Waals surface area contributed by atoms with Gasteiger partial charge in [-0.05, 0) is 48.6 Å². The maximum atomic E-state index is 12.6. The zero-order valence-corrected chi connectivity index (χ0v) is 13.4. The lowest BCUT2D eigenvalue weighted by atomic mass is 10.0. The summed E-state index contributed by atoms with van der Waals surface area (Å²) in [4.78, 5) is 23.0. The number of likely N-dealkylation sites (tertiary alicyclic amines) is 1. The summed E-state index contributed by atoms with van der Waals surface area (Å²) in [6.07, 6.45) is 8.74. The van der Waals surface area contributed by atoms with Crippen molar-refractivity contribution in [2.45, 2.75) is 31.7 Å². The first-order valence-electron chi connectivity index (χ1n) is 8.10. The van der Waals surface area contributed by atoms with Gasteiger partial charge in [-0.3, -0.25) is 9.78 Å². The quantitative estimate of drug-likeness (QED) is 0.922. The lowest BCUT2D eigenvalue weighted by molar-refractivity contribution is -0.132. The zero-order chi connectivity index (χ0) is 16.1. The summed E-state index contributed by atoms with van der Waals surface area (Å²) in [7, 11) is 1.86. The minimum Gasteiger partial charge on any atom is -0.373 e. The van der Waals surface area contributed by atoms with Crippen molar-refractivity contribution in [2.24, 2.45) is 0 Å². The largest absolute Gasteiger partial charge is 0.373 e. The standard InChI is InChI=1S/C18H22N4O/c1-19-17-12-15(8-10-21-17)16-5-3-11-22(16)18(23)7-6-14-4-2-9-20-13-14/h2,4,8-10,12-13,16H,3,5-7,11H2,1H3,(H,19,21)/t16-/m0/s1. The lowest BCUT2D eigenvalue weighted by Crippen LogP contribution is -2.30. The number of aromatic nitrogens is 2. The Labute approximate surface area is 136 Å². The molecule has 0 radical (unpaired) electrons. The van der Waals surface area contributed by atoms with Gasteiger partial charge in [-0.1, -0.05) is 6.07 Å². The summed E-state index contributed by atoms with van der Waals surface area (Å²) in [5, 5.41) is 3.06. The third kappa shape index (κ3) is 3.67. The van der Waals surface area contributed by atoms with E-state index in [9.17, 15) is 4.79 Å². The number of carbonyl (C=O) groups excluding carboxylic acids is 1. The summed E-state index contributed by atoms with van der Waals surface area (Å²) >= 11 is 0. The van der Waals surface area contributed by atoms with E-state index in [1.54, 1.807) is 12.4 Å². The van der Waals surface area contributed by atoms with E-state index in [2.05, 4.69) is 15.3 Å². The van der Waals surface area contributed by atoms with Crippen LogP contribution in [0.1, 0.15) is 36.4 Å². The number of nitrogens with zero attached hydrogens (tertiary/aromatic N) is 3. The second-order valence-electron chi connectivity index (χ2n) is 5.83. The summed E-state index contributed by atoms with van der Waals surface area (Å²) in [5.41, 5.74) is 2.27. The number of carbonyl (C=O) groups is 1. The Morgan fingerprint density at radius 1 is 1.39 bits per heavy atom. The van der Waals surface area contributed by atoms with E-state index in [1.807, 2.05) is 42.4 Å². The molecule has 0 aliphatic carbocycles. The second kappa shape index (κ2) is 7.22. The Morgan fingerprint density at radius 2 is 2.30 bits per heavy atom. The third-order valence-electron chi connectivity index (χ3n) is 4.35. The van der Waals surface area contributed by atoms with E-state index in [0.29, 0.717) is 6.42 Å². The minimum absolute atomic E-state index is 0.173. The molecule has 1 aliphatic rings. The molecule has 120 valence electrons. The van der Waals surface area contributed by atoms with Gasteiger partial charge in [0.05, 0.1) is 6.04 Å². The van der Waals surface area contributed by atoms with Crippen molar-refractivity contribution in [3.05, 3.63) is 54.0 Å². The molecule has 2 aromatic rings. The van der Waals surface area contributed by atoms with Crippen molar-refractivity contribution in [3.63, 3.8) is 0 Å². The Bertz CT molecular complexity index is 659. The van der Waals surface area contributed by atoms with Gasteiger partial charge in [0.15, 0.2) is 0 Å². The molecule has 5 nitrogen and oxygen atoms in total. The van der Waals surface area contributed by atoms with Crippen molar-refractivity contribution in [2.75, 3.05) is 18.9 Å². The average Bonchev–Trinajstić information content (AvgIpc) is 3.10. The summed E-state index contributed by atoms with van der Waals surface area (Å²) in [5.74, 6) is 1.07. The van der Waals surface area contributed by atoms with Gasteiger partial charge in [-0.2, -0.15) is 0 Å². The molecule has 5 heteroatoms. The highest BCUT2D eigenvalue weighted by atomic mass is 16.2. The van der Waals surface area contributed by atoms with Gasteiger partial charge in [0.25, 0.3) is 0 Å². The zero-order valence-electron chi connectivity index (χ0n) is 13.4. The van der Waals surface area contributed by atoms with Gasteiger partial charge in [0.2, 0.25) is 5.91 Å². The fourth-order valence-electron chi connectivity index (χ4n) is 3.14. The molecule has 3 rings (SSSR count). The predicted octanol–water partition coefficient (Wildman–Crippen LogP) is 2.81. The monoisotopic (exact) mass is 310 g/mol. The Morgan fingerprint density at radius 3 is 3.09 bits per heavy atom. The predicted molar refractivity (Wildman–Crippen MR) is 90.0 cm³/mol. The summed E-state index contributed by atoms with van der Waals surface area (Å²) in [6, 6.07) is 8.15. The van der Waals surface area contributed by atoms with Gasteiger partial charge >= 0.3 is 0 Å². The fourth-order valence-corrected chi connectivity index (χ4v) is 3.14. The van der Waals surface area contributed by atoms with Crippen LogP contribution in [0.5, 0.6) is 0 Å². The van der Waals surface area contributed by atoms with Crippen LogP contribution in [0.4, 0.5) is 5.82 Å². The molecular formula is C18H22N4O. The number of hydrogen-bond donors (Lipinski definition) is 1. The number of rotatable bonds is 5. The van der Waals surface area contributed by atoms with Crippen LogP contribution >= 0.6 is 0 Å². The molecule has 1 saturated heterocycles. The molecule has 0 bridgehead atoms. The van der Waals surface area contributed by atoms with Crippen LogP contribution in [0.25, 0.3) is 0 Å². The highest BCUT2D eigenvalue weighted by molar-refractivity contribution is 5.77. The molecule has 1 aliphatic heterocycles. The van der Waals surface area contributed by atoms with Crippen molar-refractivity contribution in [1.82, 2.24) is 14.9 Å². The van der Waals surface area contributed by atoms with Crippen LogP contribution in [-0.2, 0) is 11.2 Å². The Balaban J connectivity index is 1.67. The maximum absolute atomic E-state index is 12.6. The van der Waals surface area contributed by atoms with Crippen LogP contribution in [0, 0.1) is 0 Å². The average molecular weight is 310 g/mol. The van der Waals surface area contributed by atoms with E-state index in [-0.39, 0.29) is 11.9 Å². The van der Waals surface area contributed by atoms with Crippen LogP contribution in [0.15, 0.2) is 42.9 Å². The third-order valence-corrected chi connectivity index (χ3v) is 4.35. The van der Waals surface area contributed by atoms with Crippen LogP contribution < -0.4 is 5.32 Å². The van der Waals surface area contributed by atoms with Gasteiger partial charge in [0, 0.05) is 38.6 Å². The summed E-state index contributed by atoms with van der Waals surface area (Å²) < 4.78 is 0. The molecule has 23 heavy (non-hydrogen) atoms. The molecule has 0 aromatic carbocycles. The first kappa shape index (κ1) is 15.5. The second-order valence-corrected chi connectivity index (χ2v) is 5.83. The Hall–Kier alpha value is -2.43. The normalized spacial score (nSPS) is 17.3. The van der Waals surface area contributed by atoms with E-state index in [1.165, 1.54) is 0 Å². The molecule has 1 fully saturated rings. The van der Waals surface area contributed by atoms with E-state index in [4.69, 9.17) is 0 Å². The van der Waals surface area contributed by atoms with Crippen LogP contribution in [-0.4, -0.2) is 34.4 Å². The lowest BCUT2D eigenvalue weighted by Gasteiger charge is -2.25. The van der Waals surface area contributed by atoms with Crippen molar-refractivity contribution in [1.29, 1.82) is 0 Å². The number of anilines is 1. The van der Waals surface area contributed by atoms with E-state index < -0.39 is 0 Å². The molecular weight excluding hydrogens is 288 g/mol. The number of aryl methyl sites for hydroxylation is 1. The van der Waals surface area contributed by atoms with E-state index >= 15 is 0 Å². The SMILES string of the molecule is CNc1cc([C@@H]2CCCN2C(=O)CCc2cccnc2)ccn1. The molecule has 0 unspecified atom stereocenters. The smallest absolute Gasteiger partial charge is 0.223 e. The fraction of sp³-hybridized carbons (Fsp3) is 0.389. The molecule has 1 N–H and O–H groups in total. The molecule has 0 saturated carbocycles. The van der Waals surface area contributed by atoms with Gasteiger partial charge in [0.1, 0.15) is 5.82 Å². The Kier molecular flexibility index (Phi) is 4.86. The highest BCUT2D eigenvalue weighted by Gasteiger charge is 2.29. The van der Waals surface area contributed by atoms with Crippen LogP contribution in [0.3, 0.4) is 0 Å². The van der Waals surface area contributed by atoms with E-state index in [0.717, 1.165) is 42.8 Å². The van der Waals surface area contributed by atoms with Crippen molar-refractivity contribution in [3.8, 4) is 0 Å². The first-order valence-corrected chi connectivity index (χ1v) is 8.10. The molecule has 2 aromatic heterocycles. The maximum Gasteiger partial charge on any atom is 0.223 e. The number of pyridine rings is 2. The first-order chi connectivity index (χ1) is 11.3. The molecule has 3 heterocycles. The molecule has 1 amide bonds. The number of nitrogens with one attached hydrogen (secondary N) is 1. The number of amides is 1. The molecule has 0 spiro atoms. The highest BCUT2D eigenvalue weighted by Crippen LogP contribution is 2.33. The van der Waals surface area contributed by atoms with Gasteiger partial charge in [-0.25, -0.2) is 4.98 Å². The minimum atomic E-state index is 0.173. The number of hydrogen-bond acceptors (Lipinski definition) is 4. The van der Waals surface area contributed by atoms with Crippen molar-refractivity contribution >= 4 is 11.7 Å². The van der Waals surface area contributed by atoms with Crippen LogP contribution in [0.2, 0.25) is 0 Å².